The van der Waals surface area contributed by atoms with Crippen molar-refractivity contribution in [3.63, 3.8) is 0 Å². The van der Waals surface area contributed by atoms with Gasteiger partial charge in [-0.3, -0.25) is 9.59 Å². The van der Waals surface area contributed by atoms with Gasteiger partial charge in [-0.1, -0.05) is 6.08 Å². The van der Waals surface area contributed by atoms with E-state index in [1.54, 1.807) is 13.8 Å². The van der Waals surface area contributed by atoms with Gasteiger partial charge in [0.1, 0.15) is 6.10 Å². The van der Waals surface area contributed by atoms with Crippen molar-refractivity contribution < 1.29 is 29.0 Å². The lowest BCUT2D eigenvalue weighted by molar-refractivity contribution is -0.159. The molecule has 0 aromatic rings. The fourth-order valence-corrected chi connectivity index (χ4v) is 1.94. The van der Waals surface area contributed by atoms with Crippen LogP contribution in [0.2, 0.25) is 0 Å². The summed E-state index contributed by atoms with van der Waals surface area (Å²) in [5, 5.41) is 9.66. The van der Waals surface area contributed by atoms with Crippen molar-refractivity contribution in [1.82, 2.24) is 0 Å². The van der Waals surface area contributed by atoms with Crippen LogP contribution < -0.4 is 0 Å². The predicted molar refractivity (Wildman–Crippen MR) is 69.7 cm³/mol. The van der Waals surface area contributed by atoms with Crippen molar-refractivity contribution in [2.45, 2.75) is 57.8 Å². The molecule has 0 radical (unpaired) electrons. The standard InChI is InChI=1S/C14H20O6/c1-3-4-13(17)20-12-7-9(2)19-14(18)6-5-10(15)8-11(12)16/h3-4,9-10,12,15H,5-8H2,1-2H3/t9-,10+,12-/m1/s1. The molecular formula is C14H20O6. The van der Waals surface area contributed by atoms with Crippen LogP contribution in [0.15, 0.2) is 12.2 Å². The van der Waals surface area contributed by atoms with Gasteiger partial charge in [-0.15, -0.1) is 0 Å². The number of allylic oxidation sites excluding steroid dienone is 1. The average Bonchev–Trinajstić information content (AvgIpc) is 2.34. The van der Waals surface area contributed by atoms with Gasteiger partial charge in [0.15, 0.2) is 11.9 Å². The Morgan fingerprint density at radius 3 is 2.80 bits per heavy atom. The van der Waals surface area contributed by atoms with Crippen LogP contribution in [-0.4, -0.2) is 41.1 Å². The Labute approximate surface area is 117 Å². The molecule has 1 N–H and O–H groups in total. The molecule has 0 aromatic carbocycles. The summed E-state index contributed by atoms with van der Waals surface area (Å²) in [4.78, 5) is 34.9. The summed E-state index contributed by atoms with van der Waals surface area (Å²) < 4.78 is 10.1. The van der Waals surface area contributed by atoms with Crippen LogP contribution in [-0.2, 0) is 23.9 Å². The lowest BCUT2D eigenvalue weighted by Crippen LogP contribution is -2.35. The predicted octanol–water partition coefficient (Wildman–Crippen LogP) is 0.910. The molecule has 20 heavy (non-hydrogen) atoms. The fourth-order valence-electron chi connectivity index (χ4n) is 1.94. The SMILES string of the molecule is CC=CC(=O)O[C@@H]1C[C@@H](C)OC(=O)CC[C@H](O)CC1=O. The number of hydrogen-bond donors (Lipinski definition) is 1. The minimum absolute atomic E-state index is 0.0712. The quantitative estimate of drug-likeness (QED) is 0.599. The number of ether oxygens (including phenoxy) is 2. The van der Waals surface area contributed by atoms with Crippen LogP contribution in [0.25, 0.3) is 0 Å². The maximum absolute atomic E-state index is 12.0. The van der Waals surface area contributed by atoms with Gasteiger partial charge >= 0.3 is 11.9 Å². The number of hydrogen-bond acceptors (Lipinski definition) is 6. The maximum atomic E-state index is 12.0. The number of Topliss-reactive ketones (excluding diaryl/α,β-unsaturated/α-hetero) is 1. The number of aliphatic hydroxyl groups excluding tert-OH is 1. The highest BCUT2D eigenvalue weighted by molar-refractivity contribution is 5.89. The Hall–Kier alpha value is -1.69. The first-order valence-electron chi connectivity index (χ1n) is 6.66. The zero-order valence-corrected chi connectivity index (χ0v) is 11.7. The normalized spacial score (nSPS) is 29.1. The highest BCUT2D eigenvalue weighted by Gasteiger charge is 2.29. The van der Waals surface area contributed by atoms with E-state index in [0.29, 0.717) is 0 Å². The second-order valence-corrected chi connectivity index (χ2v) is 4.82. The summed E-state index contributed by atoms with van der Waals surface area (Å²) in [5.41, 5.74) is 0. The molecule has 1 saturated heterocycles. The first-order chi connectivity index (χ1) is 9.42. The smallest absolute Gasteiger partial charge is 0.331 e. The van der Waals surface area contributed by atoms with Crippen LogP contribution in [0.4, 0.5) is 0 Å². The van der Waals surface area contributed by atoms with E-state index in [4.69, 9.17) is 9.47 Å². The van der Waals surface area contributed by atoms with Gasteiger partial charge in [0.25, 0.3) is 0 Å². The van der Waals surface area contributed by atoms with Gasteiger partial charge in [-0.25, -0.2) is 4.79 Å². The molecule has 1 aliphatic rings. The second-order valence-electron chi connectivity index (χ2n) is 4.82. The molecule has 1 fully saturated rings. The van der Waals surface area contributed by atoms with Gasteiger partial charge in [0, 0.05) is 25.3 Å². The van der Waals surface area contributed by atoms with Crippen LogP contribution in [0.3, 0.4) is 0 Å². The molecule has 0 aromatic heterocycles. The Morgan fingerprint density at radius 1 is 1.45 bits per heavy atom. The van der Waals surface area contributed by atoms with Crippen molar-refractivity contribution >= 4 is 17.7 Å². The molecule has 0 aliphatic carbocycles. The van der Waals surface area contributed by atoms with E-state index in [2.05, 4.69) is 0 Å². The number of ketones is 1. The number of esters is 2. The summed E-state index contributed by atoms with van der Waals surface area (Å²) in [5.74, 6) is -1.42. The van der Waals surface area contributed by atoms with Gasteiger partial charge in [0.05, 0.1) is 6.10 Å². The van der Waals surface area contributed by atoms with Crippen molar-refractivity contribution in [2.75, 3.05) is 0 Å². The zero-order chi connectivity index (χ0) is 15.1. The van der Waals surface area contributed by atoms with Gasteiger partial charge < -0.3 is 14.6 Å². The highest BCUT2D eigenvalue weighted by Crippen LogP contribution is 2.16. The molecule has 6 nitrogen and oxygen atoms in total. The molecule has 1 aliphatic heterocycles. The zero-order valence-electron chi connectivity index (χ0n) is 11.7. The first-order valence-corrected chi connectivity index (χ1v) is 6.66. The summed E-state index contributed by atoms with van der Waals surface area (Å²) >= 11 is 0. The molecule has 1 heterocycles. The van der Waals surface area contributed by atoms with Gasteiger partial charge in [-0.05, 0) is 20.3 Å². The second kappa shape index (κ2) is 7.79. The van der Waals surface area contributed by atoms with Gasteiger partial charge in [-0.2, -0.15) is 0 Å². The molecule has 112 valence electrons. The topological polar surface area (TPSA) is 89.9 Å². The Bertz CT molecular complexity index is 400. The van der Waals surface area contributed by atoms with Crippen molar-refractivity contribution in [3.8, 4) is 0 Å². The lowest BCUT2D eigenvalue weighted by Gasteiger charge is -2.23. The van der Waals surface area contributed by atoms with Crippen LogP contribution in [0.5, 0.6) is 0 Å². The molecule has 6 heteroatoms. The van der Waals surface area contributed by atoms with Crippen LogP contribution >= 0.6 is 0 Å². The van der Waals surface area contributed by atoms with E-state index < -0.39 is 30.3 Å². The van der Waals surface area contributed by atoms with Crippen molar-refractivity contribution in [1.29, 1.82) is 0 Å². The third-order valence-corrected chi connectivity index (χ3v) is 2.92. The maximum Gasteiger partial charge on any atom is 0.331 e. The summed E-state index contributed by atoms with van der Waals surface area (Å²) in [6.45, 7) is 3.30. The number of rotatable bonds is 2. The van der Waals surface area contributed by atoms with E-state index in [-0.39, 0.29) is 31.5 Å². The molecular weight excluding hydrogens is 264 g/mol. The van der Waals surface area contributed by atoms with Crippen molar-refractivity contribution in [3.05, 3.63) is 12.2 Å². The number of cyclic esters (lactones) is 1. The van der Waals surface area contributed by atoms with E-state index in [9.17, 15) is 19.5 Å². The van der Waals surface area contributed by atoms with E-state index in [0.717, 1.165) is 0 Å². The highest BCUT2D eigenvalue weighted by atomic mass is 16.6. The Kier molecular flexibility index (Phi) is 6.38. The van der Waals surface area contributed by atoms with Crippen molar-refractivity contribution in [2.24, 2.45) is 0 Å². The summed E-state index contributed by atoms with van der Waals surface area (Å²) in [7, 11) is 0. The summed E-state index contributed by atoms with van der Waals surface area (Å²) in [6.07, 6.45) is 0.457. The van der Waals surface area contributed by atoms with E-state index in [1.807, 2.05) is 0 Å². The molecule has 0 unspecified atom stereocenters. The molecule has 0 saturated carbocycles. The molecule has 0 bridgehead atoms. The molecule has 1 rings (SSSR count). The Morgan fingerprint density at radius 2 is 2.15 bits per heavy atom. The monoisotopic (exact) mass is 284 g/mol. The number of carbonyl (C=O) groups excluding carboxylic acids is 3. The average molecular weight is 284 g/mol. The number of aliphatic hydroxyl groups is 1. The van der Waals surface area contributed by atoms with E-state index >= 15 is 0 Å². The number of carbonyl (C=O) groups is 3. The van der Waals surface area contributed by atoms with Crippen LogP contribution in [0, 0.1) is 0 Å². The first kappa shape index (κ1) is 16.4. The largest absolute Gasteiger partial charge is 0.462 e. The lowest BCUT2D eigenvalue weighted by atomic mass is 10.00. The Balaban J connectivity index is 2.78. The third kappa shape index (κ3) is 5.52. The van der Waals surface area contributed by atoms with Gasteiger partial charge in [0.2, 0.25) is 0 Å². The minimum Gasteiger partial charge on any atom is -0.462 e. The van der Waals surface area contributed by atoms with E-state index in [1.165, 1.54) is 12.2 Å². The third-order valence-electron chi connectivity index (χ3n) is 2.92. The minimum atomic E-state index is -1.01. The summed E-state index contributed by atoms with van der Waals surface area (Å²) in [6, 6.07) is 0. The fraction of sp³-hybridized carbons (Fsp3) is 0.643. The molecule has 3 atom stereocenters. The molecule has 0 spiro atoms. The van der Waals surface area contributed by atoms with Crippen LogP contribution in [0.1, 0.15) is 39.5 Å². The molecule has 0 amide bonds.